The highest BCUT2D eigenvalue weighted by Crippen LogP contribution is 2.30. The molecule has 0 aromatic carbocycles. The second-order valence-corrected chi connectivity index (χ2v) is 5.89. The number of carboxylic acids is 1. The maximum absolute atomic E-state index is 10.5. The van der Waals surface area contributed by atoms with Gasteiger partial charge in [0.05, 0.1) is 20.1 Å². The molecule has 130 valence electrons. The van der Waals surface area contributed by atoms with Gasteiger partial charge in [0.1, 0.15) is 0 Å². The van der Waals surface area contributed by atoms with Gasteiger partial charge in [-0.3, -0.25) is 4.79 Å². The van der Waals surface area contributed by atoms with Gasteiger partial charge in [0, 0.05) is 12.8 Å². The quantitative estimate of drug-likeness (QED) is 0.331. The predicted molar refractivity (Wildman–Crippen MR) is 80.9 cm³/mol. The van der Waals surface area contributed by atoms with Crippen molar-refractivity contribution in [1.29, 1.82) is 0 Å². The van der Waals surface area contributed by atoms with Crippen LogP contribution >= 0.6 is 0 Å². The molecule has 0 amide bonds. The van der Waals surface area contributed by atoms with E-state index in [2.05, 4.69) is 0 Å². The molecule has 0 spiro atoms. The van der Waals surface area contributed by atoms with Crippen molar-refractivity contribution in [2.24, 2.45) is 0 Å². The van der Waals surface area contributed by atoms with Crippen molar-refractivity contribution < 1.29 is 29.5 Å². The highest BCUT2D eigenvalue weighted by molar-refractivity contribution is 5.66. The van der Waals surface area contributed by atoms with Crippen molar-refractivity contribution in [3.8, 4) is 0 Å². The molecular weight excluding hydrogens is 288 g/mol. The predicted octanol–water partition coefficient (Wildman–Crippen LogP) is 3.99. The Morgan fingerprint density at radius 2 is 1.41 bits per heavy atom. The molecule has 0 unspecified atom stereocenters. The van der Waals surface area contributed by atoms with Crippen molar-refractivity contribution >= 4 is 5.97 Å². The Balaban J connectivity index is 2.51. The normalized spacial score (nSPS) is 20.8. The summed E-state index contributed by atoms with van der Waals surface area (Å²) in [5.41, 5.74) is 0. The minimum absolute atomic E-state index is 0.00412. The molecule has 0 aliphatic heterocycles. The summed E-state index contributed by atoms with van der Waals surface area (Å²) in [7, 11) is 1.46. The number of carbonyl (C=O) groups is 1. The van der Waals surface area contributed by atoms with E-state index >= 15 is 0 Å². The van der Waals surface area contributed by atoms with Crippen molar-refractivity contribution in [3.05, 3.63) is 0 Å². The molecule has 1 aliphatic carbocycles. The van der Waals surface area contributed by atoms with Crippen LogP contribution in [-0.2, 0) is 24.3 Å². The van der Waals surface area contributed by atoms with Gasteiger partial charge in [0.15, 0.2) is 0 Å². The van der Waals surface area contributed by atoms with Gasteiger partial charge in [-0.05, 0) is 12.8 Å². The molecule has 1 aliphatic rings. The second-order valence-electron chi connectivity index (χ2n) is 5.89. The molecule has 1 rings (SSSR count). The van der Waals surface area contributed by atoms with Crippen LogP contribution in [0.2, 0.25) is 0 Å². The van der Waals surface area contributed by atoms with Crippen molar-refractivity contribution in [3.63, 3.8) is 0 Å². The highest BCUT2D eigenvalue weighted by atomic mass is 17.3. The molecule has 0 saturated heterocycles. The van der Waals surface area contributed by atoms with Crippen molar-refractivity contribution in [1.82, 2.24) is 0 Å². The van der Waals surface area contributed by atoms with Crippen LogP contribution < -0.4 is 0 Å². The third kappa shape index (κ3) is 8.68. The van der Waals surface area contributed by atoms with Gasteiger partial charge in [-0.2, -0.15) is 9.78 Å². The zero-order valence-electron chi connectivity index (χ0n) is 13.7. The third-order valence-corrected chi connectivity index (χ3v) is 3.96. The first kappa shape index (κ1) is 19.4. The number of aliphatic carboxylic acids is 1. The first-order chi connectivity index (χ1) is 10.7. The number of carboxylic acid groups (broad SMARTS) is 1. The van der Waals surface area contributed by atoms with Crippen LogP contribution in [-0.4, -0.2) is 30.6 Å². The van der Waals surface area contributed by atoms with Gasteiger partial charge < -0.3 is 5.11 Å². The lowest BCUT2D eigenvalue weighted by Crippen LogP contribution is -2.36. The zero-order valence-corrected chi connectivity index (χ0v) is 13.7. The van der Waals surface area contributed by atoms with Crippen molar-refractivity contribution in [2.45, 2.75) is 82.8 Å². The molecule has 6 nitrogen and oxygen atoms in total. The maximum atomic E-state index is 10.5. The number of rotatable bonds is 7. The first-order valence-electron chi connectivity index (χ1n) is 8.43. The van der Waals surface area contributed by atoms with Crippen LogP contribution in [0.4, 0.5) is 0 Å². The lowest BCUT2D eigenvalue weighted by Gasteiger charge is -2.30. The summed E-state index contributed by atoms with van der Waals surface area (Å²) < 4.78 is 0. The van der Waals surface area contributed by atoms with Crippen LogP contribution in [0, 0.1) is 0 Å². The van der Waals surface area contributed by atoms with Crippen LogP contribution in [0.15, 0.2) is 0 Å². The van der Waals surface area contributed by atoms with Crippen LogP contribution in [0.5, 0.6) is 0 Å². The van der Waals surface area contributed by atoms with E-state index in [4.69, 9.17) is 24.7 Å². The largest absolute Gasteiger partial charge is 0.481 e. The fourth-order valence-corrected chi connectivity index (χ4v) is 2.76. The lowest BCUT2D eigenvalue weighted by molar-refractivity contribution is -0.509. The molecule has 0 radical (unpaired) electrons. The Labute approximate surface area is 132 Å². The monoisotopic (exact) mass is 318 g/mol. The molecule has 0 bridgehead atoms. The Morgan fingerprint density at radius 3 is 1.86 bits per heavy atom. The highest BCUT2D eigenvalue weighted by Gasteiger charge is 2.34. The van der Waals surface area contributed by atoms with Gasteiger partial charge in [0.2, 0.25) is 5.79 Å². The molecule has 6 heteroatoms. The fraction of sp³-hybridized carbons (Fsp3) is 0.938. The summed E-state index contributed by atoms with van der Waals surface area (Å²) >= 11 is 0. The third-order valence-electron chi connectivity index (χ3n) is 3.96. The molecule has 1 N–H and O–H groups in total. The SMILES string of the molecule is COOC1(OOCCC(=O)O)CCCCCCCCCCC1. The standard InChI is InChI=1S/C16H30O6/c1-19-21-16(22-20-14-11-15(17)18)12-9-7-5-3-2-4-6-8-10-13-16/h2-14H2,1H3,(H,17,18). The fourth-order valence-electron chi connectivity index (χ4n) is 2.76. The second kappa shape index (κ2) is 11.8. The molecule has 22 heavy (non-hydrogen) atoms. The van der Waals surface area contributed by atoms with Crippen LogP contribution in [0.25, 0.3) is 0 Å². The molecule has 0 atom stereocenters. The van der Waals surface area contributed by atoms with E-state index in [1.54, 1.807) is 0 Å². The average Bonchev–Trinajstić information content (AvgIpc) is 2.47. The van der Waals surface area contributed by atoms with Crippen LogP contribution in [0.1, 0.15) is 77.0 Å². The smallest absolute Gasteiger partial charge is 0.305 e. The lowest BCUT2D eigenvalue weighted by atomic mass is 9.97. The average molecular weight is 318 g/mol. The van der Waals surface area contributed by atoms with E-state index < -0.39 is 11.8 Å². The summed E-state index contributed by atoms with van der Waals surface area (Å²) in [4.78, 5) is 31.3. The van der Waals surface area contributed by atoms with Gasteiger partial charge in [0.25, 0.3) is 0 Å². The van der Waals surface area contributed by atoms with Gasteiger partial charge in [-0.1, -0.05) is 44.9 Å². The zero-order chi connectivity index (χ0) is 16.1. The number of hydrogen-bond donors (Lipinski definition) is 1. The van der Waals surface area contributed by atoms with Crippen LogP contribution in [0.3, 0.4) is 0 Å². The maximum Gasteiger partial charge on any atom is 0.305 e. The van der Waals surface area contributed by atoms with Crippen molar-refractivity contribution in [2.75, 3.05) is 13.7 Å². The molecule has 1 saturated carbocycles. The Bertz CT molecular complexity index is 282. The molecule has 0 aromatic heterocycles. The Hall–Kier alpha value is -0.690. The summed E-state index contributed by atoms with van der Waals surface area (Å²) in [5.74, 6) is -1.84. The molecule has 0 aromatic rings. The van der Waals surface area contributed by atoms with E-state index in [9.17, 15) is 4.79 Å². The minimum atomic E-state index is -0.924. The Kier molecular flexibility index (Phi) is 10.4. The van der Waals surface area contributed by atoms with E-state index in [0.717, 1.165) is 25.7 Å². The van der Waals surface area contributed by atoms with Gasteiger partial charge in [-0.15, -0.1) is 0 Å². The summed E-state index contributed by atoms with van der Waals surface area (Å²) in [6.45, 7) is 0.00412. The van der Waals surface area contributed by atoms with E-state index in [0.29, 0.717) is 12.8 Å². The van der Waals surface area contributed by atoms with E-state index in [1.807, 2.05) is 0 Å². The van der Waals surface area contributed by atoms with Gasteiger partial charge in [-0.25, -0.2) is 9.78 Å². The summed E-state index contributed by atoms with van der Waals surface area (Å²) in [5, 5.41) is 8.64. The summed E-state index contributed by atoms with van der Waals surface area (Å²) in [6.07, 6.45) is 11.9. The molecular formula is C16H30O6. The van der Waals surface area contributed by atoms with Gasteiger partial charge >= 0.3 is 5.97 Å². The summed E-state index contributed by atoms with van der Waals surface area (Å²) in [6, 6.07) is 0. The molecule has 0 heterocycles. The Morgan fingerprint density at radius 1 is 0.909 bits per heavy atom. The van der Waals surface area contributed by atoms with E-state index in [-0.39, 0.29) is 13.0 Å². The van der Waals surface area contributed by atoms with E-state index in [1.165, 1.54) is 39.2 Å². The first-order valence-corrected chi connectivity index (χ1v) is 8.43. The minimum Gasteiger partial charge on any atom is -0.481 e. The molecule has 1 fully saturated rings. The topological polar surface area (TPSA) is 74.2 Å². The number of hydrogen-bond acceptors (Lipinski definition) is 5.